The van der Waals surface area contributed by atoms with Gasteiger partial charge >= 0.3 is 0 Å². The van der Waals surface area contributed by atoms with Crippen molar-refractivity contribution in [3.05, 3.63) is 52.3 Å². The van der Waals surface area contributed by atoms with Crippen LogP contribution in [0.1, 0.15) is 19.5 Å². The summed E-state index contributed by atoms with van der Waals surface area (Å²) in [5.74, 6) is 0. The first kappa shape index (κ1) is 16.5. The minimum Gasteiger partial charge on any atom is -0.334 e. The number of nitrogens with zero attached hydrogens (tertiary/aromatic N) is 3. The van der Waals surface area contributed by atoms with Crippen molar-refractivity contribution >= 4 is 14.1 Å². The zero-order chi connectivity index (χ0) is 15.9. The molecule has 1 aromatic carbocycles. The van der Waals surface area contributed by atoms with E-state index in [0.717, 1.165) is 11.4 Å². The van der Waals surface area contributed by atoms with E-state index in [9.17, 15) is 10.1 Å². The molecule has 2 aromatic rings. The van der Waals surface area contributed by atoms with E-state index in [1.807, 2.05) is 26.1 Å². The van der Waals surface area contributed by atoms with Gasteiger partial charge in [-0.2, -0.15) is 5.10 Å². The first-order valence-corrected chi connectivity index (χ1v) is 8.33. The molecule has 0 fully saturated rings. The topological polar surface area (TPSA) is 79.4 Å². The lowest BCUT2D eigenvalue weighted by Gasteiger charge is -2.14. The Bertz CT molecular complexity index is 609. The van der Waals surface area contributed by atoms with Crippen LogP contribution in [0, 0.1) is 10.1 Å². The zero-order valence-corrected chi connectivity index (χ0v) is 13.4. The Morgan fingerprint density at radius 1 is 1.18 bits per heavy atom. The molecule has 2 rings (SSSR count). The molecule has 0 saturated carbocycles. The smallest absolute Gasteiger partial charge is 0.269 e. The van der Waals surface area contributed by atoms with Gasteiger partial charge in [-0.1, -0.05) is 0 Å². The molecule has 1 aromatic heterocycles. The van der Waals surface area contributed by atoms with Gasteiger partial charge in [0.1, 0.15) is 0 Å². The third-order valence-electron chi connectivity index (χ3n) is 2.81. The lowest BCUT2D eigenvalue weighted by Crippen LogP contribution is -1.98. The molecular weight excluding hydrogens is 305 g/mol. The van der Waals surface area contributed by atoms with Crippen LogP contribution in [0.4, 0.5) is 5.69 Å². The number of non-ortho nitro benzene ring substituents is 1. The lowest BCUT2D eigenvalue weighted by atomic mass is 10.3. The summed E-state index contributed by atoms with van der Waals surface area (Å²) in [6.07, 6.45) is 2.44. The van der Waals surface area contributed by atoms with Crippen LogP contribution in [0.15, 0.2) is 36.5 Å². The van der Waals surface area contributed by atoms with Gasteiger partial charge in [0.25, 0.3) is 5.69 Å². The molecule has 0 unspecified atom stereocenters. The summed E-state index contributed by atoms with van der Waals surface area (Å²) in [5.41, 5.74) is 1.70. The SMILES string of the molecule is CCOP(Cc1ccn(-c2ccc([N+](=O)[O-])cc2)n1)OCC. The van der Waals surface area contributed by atoms with E-state index in [1.165, 1.54) is 12.1 Å². The van der Waals surface area contributed by atoms with Crippen molar-refractivity contribution in [1.29, 1.82) is 0 Å². The van der Waals surface area contributed by atoms with Gasteiger partial charge in [-0.25, -0.2) is 4.68 Å². The molecule has 22 heavy (non-hydrogen) atoms. The second-order valence-electron chi connectivity index (χ2n) is 4.35. The molecule has 7 nitrogen and oxygen atoms in total. The third-order valence-corrected chi connectivity index (χ3v) is 4.48. The van der Waals surface area contributed by atoms with Crippen LogP contribution in [0.3, 0.4) is 0 Å². The quantitative estimate of drug-likeness (QED) is 0.421. The van der Waals surface area contributed by atoms with Gasteiger partial charge in [0.15, 0.2) is 8.38 Å². The highest BCUT2D eigenvalue weighted by atomic mass is 31.2. The Labute approximate surface area is 129 Å². The van der Waals surface area contributed by atoms with E-state index in [0.29, 0.717) is 19.4 Å². The maximum Gasteiger partial charge on any atom is 0.269 e. The van der Waals surface area contributed by atoms with Crippen molar-refractivity contribution in [2.75, 3.05) is 13.2 Å². The summed E-state index contributed by atoms with van der Waals surface area (Å²) in [6, 6.07) is 8.16. The average Bonchev–Trinajstić information content (AvgIpc) is 2.96. The number of nitro groups is 1. The normalized spacial score (nSPS) is 11.0. The lowest BCUT2D eigenvalue weighted by molar-refractivity contribution is -0.384. The monoisotopic (exact) mass is 323 g/mol. The predicted molar refractivity (Wildman–Crippen MR) is 84.1 cm³/mol. The molecule has 0 saturated heterocycles. The highest BCUT2D eigenvalue weighted by Gasteiger charge is 2.13. The van der Waals surface area contributed by atoms with Gasteiger partial charge in [-0.15, -0.1) is 0 Å². The number of benzene rings is 1. The molecule has 0 aliphatic heterocycles. The number of nitro benzene ring substituents is 1. The summed E-state index contributed by atoms with van der Waals surface area (Å²) in [5, 5.41) is 15.1. The first-order valence-electron chi connectivity index (χ1n) is 6.96. The van der Waals surface area contributed by atoms with Crippen molar-refractivity contribution in [1.82, 2.24) is 9.78 Å². The van der Waals surface area contributed by atoms with Crippen molar-refractivity contribution in [2.24, 2.45) is 0 Å². The molecule has 118 valence electrons. The maximum absolute atomic E-state index is 10.7. The molecule has 0 atom stereocenters. The standard InChI is InChI=1S/C14H18N3O4P/c1-3-20-22(21-4-2)11-12-9-10-16(15-12)13-5-7-14(8-6-13)17(18)19/h5-10H,3-4,11H2,1-2H3. The fourth-order valence-electron chi connectivity index (χ4n) is 1.87. The molecule has 0 radical (unpaired) electrons. The van der Waals surface area contributed by atoms with Crippen LogP contribution in [-0.4, -0.2) is 27.9 Å². The van der Waals surface area contributed by atoms with Gasteiger partial charge in [0.05, 0.1) is 35.7 Å². The fourth-order valence-corrected chi connectivity index (χ4v) is 3.13. The molecule has 0 aliphatic carbocycles. The molecular formula is C14H18N3O4P. The van der Waals surface area contributed by atoms with Gasteiger partial charge in [0, 0.05) is 18.3 Å². The Morgan fingerprint density at radius 3 is 2.36 bits per heavy atom. The largest absolute Gasteiger partial charge is 0.334 e. The van der Waals surface area contributed by atoms with E-state index in [1.54, 1.807) is 16.8 Å². The number of hydrogen-bond acceptors (Lipinski definition) is 5. The third kappa shape index (κ3) is 4.34. The molecule has 0 aliphatic rings. The van der Waals surface area contributed by atoms with Gasteiger partial charge < -0.3 is 9.05 Å². The van der Waals surface area contributed by atoms with Gasteiger partial charge in [0.2, 0.25) is 0 Å². The second-order valence-corrected chi connectivity index (χ2v) is 5.85. The van der Waals surface area contributed by atoms with Gasteiger partial charge in [-0.3, -0.25) is 10.1 Å². The number of hydrogen-bond donors (Lipinski definition) is 0. The maximum atomic E-state index is 10.7. The Kier molecular flexibility index (Phi) is 6.00. The van der Waals surface area contributed by atoms with E-state index >= 15 is 0 Å². The summed E-state index contributed by atoms with van der Waals surface area (Å²) in [4.78, 5) is 10.2. The minimum atomic E-state index is -0.972. The van der Waals surface area contributed by atoms with Crippen molar-refractivity contribution in [3.63, 3.8) is 0 Å². The van der Waals surface area contributed by atoms with Crippen molar-refractivity contribution < 1.29 is 14.0 Å². The summed E-state index contributed by atoms with van der Waals surface area (Å²) >= 11 is 0. The second kappa shape index (κ2) is 7.98. The Hall–Kier alpha value is -1.82. The molecule has 0 bridgehead atoms. The van der Waals surface area contributed by atoms with Gasteiger partial charge in [-0.05, 0) is 32.0 Å². The molecule has 0 N–H and O–H groups in total. The first-order chi connectivity index (χ1) is 10.6. The van der Waals surface area contributed by atoms with Crippen LogP contribution < -0.4 is 0 Å². The number of rotatable bonds is 8. The molecule has 8 heteroatoms. The fraction of sp³-hybridized carbons (Fsp3) is 0.357. The van der Waals surface area contributed by atoms with Crippen LogP contribution in [0.5, 0.6) is 0 Å². The average molecular weight is 323 g/mol. The molecule has 0 amide bonds. The summed E-state index contributed by atoms with van der Waals surface area (Å²) in [6.45, 7) is 5.08. The number of aromatic nitrogens is 2. The summed E-state index contributed by atoms with van der Waals surface area (Å²) in [7, 11) is -0.972. The van der Waals surface area contributed by atoms with E-state index in [-0.39, 0.29) is 5.69 Å². The van der Waals surface area contributed by atoms with Crippen LogP contribution >= 0.6 is 8.38 Å². The van der Waals surface area contributed by atoms with Crippen molar-refractivity contribution in [2.45, 2.75) is 20.0 Å². The van der Waals surface area contributed by atoms with Crippen LogP contribution in [0.2, 0.25) is 0 Å². The molecule has 1 heterocycles. The molecule has 0 spiro atoms. The minimum absolute atomic E-state index is 0.0624. The predicted octanol–water partition coefficient (Wildman–Crippen LogP) is 3.67. The van der Waals surface area contributed by atoms with Crippen molar-refractivity contribution in [3.8, 4) is 5.69 Å². The summed E-state index contributed by atoms with van der Waals surface area (Å²) < 4.78 is 12.8. The highest BCUT2D eigenvalue weighted by Crippen LogP contribution is 2.41. The zero-order valence-electron chi connectivity index (χ0n) is 12.5. The Morgan fingerprint density at radius 2 is 1.82 bits per heavy atom. The van der Waals surface area contributed by atoms with E-state index < -0.39 is 13.3 Å². The van der Waals surface area contributed by atoms with Crippen LogP contribution in [0.25, 0.3) is 5.69 Å². The Balaban J connectivity index is 2.08. The van der Waals surface area contributed by atoms with Crippen LogP contribution in [-0.2, 0) is 15.2 Å². The van der Waals surface area contributed by atoms with E-state index in [2.05, 4.69) is 5.10 Å². The van der Waals surface area contributed by atoms with E-state index in [4.69, 9.17) is 9.05 Å². The highest BCUT2D eigenvalue weighted by molar-refractivity contribution is 7.46.